The second kappa shape index (κ2) is 5.71. The van der Waals surface area contributed by atoms with Gasteiger partial charge in [-0.05, 0) is 44.0 Å². The number of aryl methyl sites for hydroxylation is 1. The van der Waals surface area contributed by atoms with Crippen LogP contribution in [0.4, 0.5) is 0 Å². The Morgan fingerprint density at radius 3 is 2.65 bits per heavy atom. The van der Waals surface area contributed by atoms with Crippen LogP contribution in [-0.4, -0.2) is 33.1 Å². The normalized spacial score (nSPS) is 22.8. The summed E-state index contributed by atoms with van der Waals surface area (Å²) in [5.74, 6) is -0.322. The van der Waals surface area contributed by atoms with Crippen LogP contribution in [0.1, 0.15) is 29.3 Å². The number of amides is 1. The van der Waals surface area contributed by atoms with Crippen molar-refractivity contribution in [2.45, 2.75) is 37.3 Å². The summed E-state index contributed by atoms with van der Waals surface area (Å²) in [7, 11) is 1.47. The van der Waals surface area contributed by atoms with Crippen LogP contribution < -0.4 is 5.32 Å². The van der Waals surface area contributed by atoms with Crippen LogP contribution in [0.25, 0.3) is 0 Å². The number of rotatable bonds is 3. The maximum absolute atomic E-state index is 12.2. The Morgan fingerprint density at radius 1 is 1.40 bits per heavy atom. The van der Waals surface area contributed by atoms with Crippen LogP contribution in [0.15, 0.2) is 23.1 Å². The van der Waals surface area contributed by atoms with Crippen molar-refractivity contribution in [2.75, 3.05) is 6.61 Å². The quantitative estimate of drug-likeness (QED) is 0.863. The lowest BCUT2D eigenvalue weighted by Crippen LogP contribution is -2.39. The summed E-state index contributed by atoms with van der Waals surface area (Å²) >= 11 is 0. The average Bonchev–Trinajstić information content (AvgIpc) is 2.73. The van der Waals surface area contributed by atoms with Gasteiger partial charge in [0, 0.05) is 22.9 Å². The molecule has 0 aliphatic carbocycles. The molecule has 0 bridgehead atoms. The van der Waals surface area contributed by atoms with Gasteiger partial charge in [-0.1, -0.05) is 0 Å². The van der Waals surface area contributed by atoms with E-state index in [1.165, 1.54) is 12.1 Å². The zero-order valence-corrected chi connectivity index (χ0v) is 12.8. The summed E-state index contributed by atoms with van der Waals surface area (Å²) in [4.78, 5) is 12.1. The summed E-state index contributed by atoms with van der Waals surface area (Å²) in [6, 6.07) is 4.28. The molecule has 5 nitrogen and oxygen atoms in total. The summed E-state index contributed by atoms with van der Waals surface area (Å²) in [5.41, 5.74) is 0.941. The maximum atomic E-state index is 12.2. The van der Waals surface area contributed by atoms with Crippen molar-refractivity contribution in [1.82, 2.24) is 5.32 Å². The molecule has 2 unspecified atom stereocenters. The van der Waals surface area contributed by atoms with Gasteiger partial charge in [0.1, 0.15) is 0 Å². The number of nitrogens with one attached hydrogen (secondary N) is 1. The predicted octanol–water partition coefficient (Wildman–Crippen LogP) is 1.83. The molecule has 0 saturated carbocycles. The molecule has 1 N–H and O–H groups in total. The molecule has 1 amide bonds. The first-order chi connectivity index (χ1) is 9.27. The third-order valence-corrected chi connectivity index (χ3v) is 4.62. The van der Waals surface area contributed by atoms with E-state index in [-0.39, 0.29) is 28.5 Å². The molecule has 20 heavy (non-hydrogen) atoms. The van der Waals surface area contributed by atoms with E-state index >= 15 is 0 Å². The highest BCUT2D eigenvalue weighted by Crippen LogP contribution is 2.20. The number of carbonyl (C=O) groups excluding carboxylic acids is 1. The standard InChI is InChI=1S/C13H16ClNO4S/c1-8-5-10(7-11(6-8)20(14,17)18)13(16)15-12-3-4-19-9(12)2/h5-7,9,12H,3-4H2,1-2H3,(H,15,16). The highest BCUT2D eigenvalue weighted by Gasteiger charge is 2.26. The van der Waals surface area contributed by atoms with Gasteiger partial charge < -0.3 is 10.1 Å². The van der Waals surface area contributed by atoms with E-state index in [0.29, 0.717) is 12.2 Å². The molecular formula is C13H16ClNO4S. The van der Waals surface area contributed by atoms with Gasteiger partial charge in [-0.25, -0.2) is 8.42 Å². The number of halogens is 1. The topological polar surface area (TPSA) is 72.5 Å². The highest BCUT2D eigenvalue weighted by atomic mass is 35.7. The minimum absolute atomic E-state index is 0.0417. The Morgan fingerprint density at radius 2 is 2.10 bits per heavy atom. The van der Waals surface area contributed by atoms with E-state index in [1.807, 2.05) is 6.92 Å². The van der Waals surface area contributed by atoms with Gasteiger partial charge in [0.05, 0.1) is 17.0 Å². The van der Waals surface area contributed by atoms with Crippen LogP contribution in [0.2, 0.25) is 0 Å². The molecule has 1 aromatic carbocycles. The zero-order valence-electron chi connectivity index (χ0n) is 11.2. The lowest BCUT2D eigenvalue weighted by atomic mass is 10.1. The Kier molecular flexibility index (Phi) is 4.36. The van der Waals surface area contributed by atoms with Crippen molar-refractivity contribution in [1.29, 1.82) is 0 Å². The van der Waals surface area contributed by atoms with Crippen LogP contribution in [0, 0.1) is 6.92 Å². The van der Waals surface area contributed by atoms with Gasteiger partial charge in [0.2, 0.25) is 0 Å². The average molecular weight is 318 g/mol. The summed E-state index contributed by atoms with van der Waals surface area (Å²) in [6.07, 6.45) is 0.708. The second-order valence-electron chi connectivity index (χ2n) is 4.92. The fourth-order valence-electron chi connectivity index (χ4n) is 2.19. The van der Waals surface area contributed by atoms with Gasteiger partial charge in [-0.3, -0.25) is 4.79 Å². The van der Waals surface area contributed by atoms with Gasteiger partial charge in [0.15, 0.2) is 0 Å². The van der Waals surface area contributed by atoms with Crippen molar-refractivity contribution in [3.05, 3.63) is 29.3 Å². The summed E-state index contributed by atoms with van der Waals surface area (Å²) in [6.45, 7) is 4.22. The first kappa shape index (κ1) is 15.3. The smallest absolute Gasteiger partial charge is 0.261 e. The van der Waals surface area contributed by atoms with E-state index in [9.17, 15) is 13.2 Å². The molecular weight excluding hydrogens is 302 g/mol. The van der Waals surface area contributed by atoms with Crippen LogP contribution in [0.3, 0.4) is 0 Å². The SMILES string of the molecule is Cc1cc(C(=O)NC2CCOC2C)cc(S(=O)(=O)Cl)c1. The molecule has 1 fully saturated rings. The maximum Gasteiger partial charge on any atom is 0.261 e. The Balaban J connectivity index is 2.24. The van der Waals surface area contributed by atoms with E-state index in [4.69, 9.17) is 15.4 Å². The van der Waals surface area contributed by atoms with E-state index in [2.05, 4.69) is 5.32 Å². The monoisotopic (exact) mass is 317 g/mol. The van der Waals surface area contributed by atoms with Crippen molar-refractivity contribution >= 4 is 25.6 Å². The molecule has 2 atom stereocenters. The van der Waals surface area contributed by atoms with Crippen molar-refractivity contribution < 1.29 is 17.9 Å². The molecule has 0 aromatic heterocycles. The molecule has 7 heteroatoms. The predicted molar refractivity (Wildman–Crippen MR) is 75.5 cm³/mol. The lowest BCUT2D eigenvalue weighted by Gasteiger charge is -2.16. The molecule has 1 aliphatic rings. The fraction of sp³-hybridized carbons (Fsp3) is 0.462. The lowest BCUT2D eigenvalue weighted by molar-refractivity contribution is 0.0866. The summed E-state index contributed by atoms with van der Waals surface area (Å²) in [5, 5.41) is 2.85. The van der Waals surface area contributed by atoms with E-state index < -0.39 is 9.05 Å². The number of carbonyl (C=O) groups is 1. The third-order valence-electron chi connectivity index (χ3n) is 3.29. The van der Waals surface area contributed by atoms with Crippen LogP contribution >= 0.6 is 10.7 Å². The summed E-state index contributed by atoms with van der Waals surface area (Å²) < 4.78 is 28.1. The molecule has 110 valence electrons. The minimum atomic E-state index is -3.85. The second-order valence-corrected chi connectivity index (χ2v) is 7.48. The molecule has 0 spiro atoms. The highest BCUT2D eigenvalue weighted by molar-refractivity contribution is 8.13. The molecule has 0 radical (unpaired) electrons. The number of hydrogen-bond acceptors (Lipinski definition) is 4. The minimum Gasteiger partial charge on any atom is -0.376 e. The number of ether oxygens (including phenoxy) is 1. The first-order valence-electron chi connectivity index (χ1n) is 6.26. The Bertz CT molecular complexity index is 629. The van der Waals surface area contributed by atoms with Gasteiger partial charge >= 0.3 is 0 Å². The van der Waals surface area contributed by atoms with E-state index in [0.717, 1.165) is 6.42 Å². The van der Waals surface area contributed by atoms with E-state index in [1.54, 1.807) is 13.0 Å². The van der Waals surface area contributed by atoms with Gasteiger partial charge in [-0.15, -0.1) is 0 Å². The van der Waals surface area contributed by atoms with Gasteiger partial charge in [-0.2, -0.15) is 0 Å². The largest absolute Gasteiger partial charge is 0.376 e. The molecule has 2 rings (SSSR count). The zero-order chi connectivity index (χ0) is 14.9. The first-order valence-corrected chi connectivity index (χ1v) is 8.57. The Hall–Kier alpha value is -1.11. The number of benzene rings is 1. The molecule has 1 heterocycles. The number of hydrogen-bond donors (Lipinski definition) is 1. The molecule has 1 aliphatic heterocycles. The van der Waals surface area contributed by atoms with Gasteiger partial charge in [0.25, 0.3) is 15.0 Å². The van der Waals surface area contributed by atoms with Crippen molar-refractivity contribution in [3.8, 4) is 0 Å². The third kappa shape index (κ3) is 3.50. The van der Waals surface area contributed by atoms with Crippen LogP contribution in [0.5, 0.6) is 0 Å². The fourth-order valence-corrected chi connectivity index (χ4v) is 3.05. The van der Waals surface area contributed by atoms with Crippen molar-refractivity contribution in [2.24, 2.45) is 0 Å². The Labute approximate surface area is 122 Å². The van der Waals surface area contributed by atoms with Crippen molar-refractivity contribution in [3.63, 3.8) is 0 Å². The molecule has 1 aromatic rings. The molecule has 1 saturated heterocycles. The van der Waals surface area contributed by atoms with Crippen LogP contribution in [-0.2, 0) is 13.8 Å².